The predicted molar refractivity (Wildman–Crippen MR) is 83.4 cm³/mol. The SMILES string of the molecule is O=C1NC(c2c[nH]c3ccccc23)C(=O)N1c1ccc(F)c(F)c1. The summed E-state index contributed by atoms with van der Waals surface area (Å²) >= 11 is 0. The molecule has 7 heteroatoms. The number of aromatic amines is 1. The first kappa shape index (κ1) is 14.4. The fourth-order valence-corrected chi connectivity index (χ4v) is 2.89. The third-order valence-electron chi connectivity index (χ3n) is 4.03. The average molecular weight is 327 g/mol. The van der Waals surface area contributed by atoms with Crippen molar-refractivity contribution in [3.8, 4) is 0 Å². The Labute approximate surface area is 134 Å². The number of hydrogen-bond donors (Lipinski definition) is 2. The molecule has 0 saturated carbocycles. The number of anilines is 1. The van der Waals surface area contributed by atoms with E-state index in [0.29, 0.717) is 5.56 Å². The van der Waals surface area contributed by atoms with Crippen molar-refractivity contribution in [3.63, 3.8) is 0 Å². The Kier molecular flexibility index (Phi) is 3.09. The fraction of sp³-hybridized carbons (Fsp3) is 0.0588. The van der Waals surface area contributed by atoms with Gasteiger partial charge in [-0.25, -0.2) is 18.5 Å². The first-order chi connectivity index (χ1) is 11.6. The highest BCUT2D eigenvalue weighted by molar-refractivity contribution is 6.22. The maximum atomic E-state index is 13.4. The number of urea groups is 1. The van der Waals surface area contributed by atoms with E-state index in [-0.39, 0.29) is 5.69 Å². The fourth-order valence-electron chi connectivity index (χ4n) is 2.89. The van der Waals surface area contributed by atoms with E-state index in [0.717, 1.165) is 27.9 Å². The molecule has 1 fully saturated rings. The molecule has 4 rings (SSSR count). The molecule has 0 bridgehead atoms. The van der Waals surface area contributed by atoms with Crippen LogP contribution in [0.2, 0.25) is 0 Å². The summed E-state index contributed by atoms with van der Waals surface area (Å²) in [4.78, 5) is 28.7. The van der Waals surface area contributed by atoms with Gasteiger partial charge in [0.1, 0.15) is 6.04 Å². The highest BCUT2D eigenvalue weighted by Gasteiger charge is 2.41. The van der Waals surface area contributed by atoms with Gasteiger partial charge in [-0.1, -0.05) is 18.2 Å². The minimum atomic E-state index is -1.12. The van der Waals surface area contributed by atoms with Gasteiger partial charge in [0.05, 0.1) is 5.69 Å². The predicted octanol–water partition coefficient (Wildman–Crippen LogP) is 3.24. The van der Waals surface area contributed by atoms with Gasteiger partial charge in [0, 0.05) is 28.7 Å². The second kappa shape index (κ2) is 5.16. The van der Waals surface area contributed by atoms with Gasteiger partial charge in [-0.15, -0.1) is 0 Å². The van der Waals surface area contributed by atoms with Gasteiger partial charge in [-0.2, -0.15) is 0 Å². The Hall–Kier alpha value is -3.22. The maximum absolute atomic E-state index is 13.4. The van der Waals surface area contributed by atoms with E-state index in [9.17, 15) is 18.4 Å². The maximum Gasteiger partial charge on any atom is 0.329 e. The molecule has 1 aromatic heterocycles. The van der Waals surface area contributed by atoms with Gasteiger partial charge in [-0.05, 0) is 18.2 Å². The van der Waals surface area contributed by atoms with E-state index >= 15 is 0 Å². The number of para-hydroxylation sites is 1. The van der Waals surface area contributed by atoms with E-state index in [1.807, 2.05) is 24.3 Å². The van der Waals surface area contributed by atoms with Gasteiger partial charge in [0.2, 0.25) is 0 Å². The van der Waals surface area contributed by atoms with E-state index in [4.69, 9.17) is 0 Å². The Morgan fingerprint density at radius 3 is 2.58 bits per heavy atom. The zero-order chi connectivity index (χ0) is 16.8. The first-order valence-corrected chi connectivity index (χ1v) is 7.22. The number of aromatic nitrogens is 1. The van der Waals surface area contributed by atoms with E-state index < -0.39 is 29.6 Å². The largest absolute Gasteiger partial charge is 0.361 e. The van der Waals surface area contributed by atoms with Gasteiger partial charge >= 0.3 is 6.03 Å². The van der Waals surface area contributed by atoms with E-state index in [2.05, 4.69) is 10.3 Å². The topological polar surface area (TPSA) is 65.2 Å². The molecule has 2 heterocycles. The highest BCUT2D eigenvalue weighted by atomic mass is 19.2. The van der Waals surface area contributed by atoms with Crippen molar-refractivity contribution in [3.05, 3.63) is 65.9 Å². The van der Waals surface area contributed by atoms with Crippen LogP contribution >= 0.6 is 0 Å². The molecule has 0 aliphatic carbocycles. The number of halogens is 2. The number of hydrogen-bond acceptors (Lipinski definition) is 2. The smallest absolute Gasteiger partial charge is 0.329 e. The highest BCUT2D eigenvalue weighted by Crippen LogP contribution is 2.31. The van der Waals surface area contributed by atoms with E-state index in [1.165, 1.54) is 6.07 Å². The normalized spacial score (nSPS) is 17.6. The molecule has 0 radical (unpaired) electrons. The third-order valence-corrected chi connectivity index (χ3v) is 4.03. The van der Waals surface area contributed by atoms with Crippen LogP contribution in [0.3, 0.4) is 0 Å². The Morgan fingerprint density at radius 1 is 1.00 bits per heavy atom. The molecule has 5 nitrogen and oxygen atoms in total. The molecule has 3 amide bonds. The van der Waals surface area contributed by atoms with Crippen LogP contribution in [-0.4, -0.2) is 16.9 Å². The van der Waals surface area contributed by atoms with Crippen LogP contribution in [0.15, 0.2) is 48.7 Å². The Balaban J connectivity index is 1.74. The Morgan fingerprint density at radius 2 is 1.79 bits per heavy atom. The lowest BCUT2D eigenvalue weighted by Gasteiger charge is -2.13. The van der Waals surface area contributed by atoms with Crippen LogP contribution < -0.4 is 10.2 Å². The van der Waals surface area contributed by atoms with Crippen LogP contribution in [0.5, 0.6) is 0 Å². The molecule has 1 aliphatic rings. The molecular formula is C17H11F2N3O2. The summed E-state index contributed by atoms with van der Waals surface area (Å²) in [5.41, 5.74) is 1.44. The summed E-state index contributed by atoms with van der Waals surface area (Å²) in [6.45, 7) is 0. The van der Waals surface area contributed by atoms with Crippen molar-refractivity contribution in [1.82, 2.24) is 10.3 Å². The number of amides is 3. The lowest BCUT2D eigenvalue weighted by Crippen LogP contribution is -2.30. The van der Waals surface area contributed by atoms with E-state index in [1.54, 1.807) is 6.20 Å². The Bertz CT molecular complexity index is 983. The lowest BCUT2D eigenvalue weighted by atomic mass is 10.1. The monoisotopic (exact) mass is 327 g/mol. The summed E-state index contributed by atoms with van der Waals surface area (Å²) in [6.07, 6.45) is 1.66. The van der Waals surface area contributed by atoms with Crippen molar-refractivity contribution in [2.45, 2.75) is 6.04 Å². The molecule has 24 heavy (non-hydrogen) atoms. The molecule has 2 aromatic carbocycles. The van der Waals surface area contributed by atoms with Gasteiger partial charge in [0.15, 0.2) is 11.6 Å². The number of carbonyl (C=O) groups excluding carboxylic acids is 2. The van der Waals surface area contributed by atoms with Crippen LogP contribution in [0, 0.1) is 11.6 Å². The minimum Gasteiger partial charge on any atom is -0.361 e. The van der Waals surface area contributed by atoms with Crippen LogP contribution in [0.4, 0.5) is 19.3 Å². The summed E-state index contributed by atoms with van der Waals surface area (Å²) in [5.74, 6) is -2.71. The van der Waals surface area contributed by atoms with Gasteiger partial charge in [-0.3, -0.25) is 4.79 Å². The van der Waals surface area contributed by atoms with Gasteiger partial charge < -0.3 is 10.3 Å². The molecular weight excluding hydrogens is 316 g/mol. The second-order valence-corrected chi connectivity index (χ2v) is 5.44. The second-order valence-electron chi connectivity index (χ2n) is 5.44. The van der Waals surface area contributed by atoms with Crippen LogP contribution in [0.25, 0.3) is 10.9 Å². The quantitative estimate of drug-likeness (QED) is 0.710. The van der Waals surface area contributed by atoms with Crippen molar-refractivity contribution in [2.75, 3.05) is 4.90 Å². The van der Waals surface area contributed by atoms with Crippen LogP contribution in [0.1, 0.15) is 11.6 Å². The minimum absolute atomic E-state index is 0.0151. The molecule has 2 N–H and O–H groups in total. The molecule has 1 unspecified atom stereocenters. The van der Waals surface area contributed by atoms with Crippen molar-refractivity contribution in [1.29, 1.82) is 0 Å². The molecule has 120 valence electrons. The lowest BCUT2D eigenvalue weighted by molar-refractivity contribution is -0.118. The van der Waals surface area contributed by atoms with Gasteiger partial charge in [0.25, 0.3) is 5.91 Å². The number of H-pyrrole nitrogens is 1. The van der Waals surface area contributed by atoms with Crippen LogP contribution in [-0.2, 0) is 4.79 Å². The van der Waals surface area contributed by atoms with Crippen molar-refractivity contribution < 1.29 is 18.4 Å². The number of nitrogens with one attached hydrogen (secondary N) is 2. The standard InChI is InChI=1S/C17H11F2N3O2/c18-12-6-5-9(7-13(12)19)22-16(23)15(21-17(22)24)11-8-20-14-4-2-1-3-10(11)14/h1-8,15,20H,(H,21,24). The average Bonchev–Trinajstić information content (AvgIpc) is 3.11. The number of benzene rings is 2. The van der Waals surface area contributed by atoms with Crippen molar-refractivity contribution in [2.24, 2.45) is 0 Å². The summed E-state index contributed by atoms with van der Waals surface area (Å²) in [7, 11) is 0. The molecule has 0 spiro atoms. The first-order valence-electron chi connectivity index (χ1n) is 7.22. The zero-order valence-electron chi connectivity index (χ0n) is 12.2. The summed E-state index contributed by atoms with van der Waals surface area (Å²) in [6, 6.07) is 8.69. The third kappa shape index (κ3) is 2.05. The molecule has 3 aromatic rings. The number of nitrogens with zero attached hydrogens (tertiary/aromatic N) is 1. The summed E-state index contributed by atoms with van der Waals surface area (Å²) < 4.78 is 26.5. The molecule has 1 saturated heterocycles. The number of rotatable bonds is 2. The number of carbonyl (C=O) groups is 2. The number of imide groups is 1. The zero-order valence-corrected chi connectivity index (χ0v) is 12.2. The summed E-state index contributed by atoms with van der Waals surface area (Å²) in [5, 5.41) is 3.39. The molecule has 1 aliphatic heterocycles. The molecule has 1 atom stereocenters. The number of fused-ring (bicyclic) bond motifs is 1. The van der Waals surface area contributed by atoms with Crippen molar-refractivity contribution >= 4 is 28.5 Å².